The number of benzene rings is 1. The van der Waals surface area contributed by atoms with Crippen molar-refractivity contribution >= 4 is 11.8 Å². The number of aliphatic hydroxyl groups excluding tert-OH is 1. The standard InChI is InChI=1S/C27H30O4/c1-17(2)20-15-19-11-12-21-26(3,16-31-25(30)18-9-6-5-7-10-18)13-8-14-27(21,4)22(19)24(29)23(20)28/h5-7,9-12,15,17,29H,8,13-14,16H2,1-4H3/t26-,27-/m0/s1. The first-order chi connectivity index (χ1) is 14.7. The number of Topliss-reactive ketones (excluding diaryl/α,β-unsaturated/α-hetero) is 1. The highest BCUT2D eigenvalue weighted by Gasteiger charge is 2.51. The van der Waals surface area contributed by atoms with Crippen molar-refractivity contribution in [3.63, 3.8) is 0 Å². The van der Waals surface area contributed by atoms with E-state index in [1.54, 1.807) is 12.1 Å². The fourth-order valence-electron chi connectivity index (χ4n) is 5.45. The molecule has 2 atom stereocenters. The van der Waals surface area contributed by atoms with Gasteiger partial charge in [0, 0.05) is 22.0 Å². The number of rotatable bonds is 4. The molecule has 4 rings (SSSR count). The number of ketones is 1. The Morgan fingerprint density at radius 2 is 1.84 bits per heavy atom. The third-order valence-electron chi connectivity index (χ3n) is 7.10. The van der Waals surface area contributed by atoms with Gasteiger partial charge in [-0.25, -0.2) is 4.79 Å². The summed E-state index contributed by atoms with van der Waals surface area (Å²) >= 11 is 0. The molecular formula is C27H30O4. The third-order valence-corrected chi connectivity index (χ3v) is 7.10. The molecule has 3 aliphatic carbocycles. The molecule has 4 heteroatoms. The van der Waals surface area contributed by atoms with Gasteiger partial charge in [-0.05, 0) is 42.5 Å². The molecule has 0 amide bonds. The summed E-state index contributed by atoms with van der Waals surface area (Å²) in [5.41, 5.74) is 3.11. The minimum Gasteiger partial charge on any atom is -0.504 e. The Morgan fingerprint density at radius 1 is 1.13 bits per heavy atom. The largest absolute Gasteiger partial charge is 0.504 e. The van der Waals surface area contributed by atoms with Crippen LogP contribution in [-0.4, -0.2) is 23.5 Å². The quantitative estimate of drug-likeness (QED) is 0.620. The van der Waals surface area contributed by atoms with Gasteiger partial charge in [-0.3, -0.25) is 4.79 Å². The Labute approximate surface area is 184 Å². The molecule has 0 unspecified atom stereocenters. The summed E-state index contributed by atoms with van der Waals surface area (Å²) in [7, 11) is 0. The Morgan fingerprint density at radius 3 is 2.52 bits per heavy atom. The average molecular weight is 419 g/mol. The highest BCUT2D eigenvalue weighted by atomic mass is 16.5. The summed E-state index contributed by atoms with van der Waals surface area (Å²) in [6.45, 7) is 8.42. The minimum absolute atomic E-state index is 0.0457. The molecule has 0 saturated heterocycles. The second-order valence-corrected chi connectivity index (χ2v) is 9.70. The first kappa shape index (κ1) is 21.4. The monoisotopic (exact) mass is 418 g/mol. The smallest absolute Gasteiger partial charge is 0.338 e. The zero-order valence-corrected chi connectivity index (χ0v) is 18.7. The van der Waals surface area contributed by atoms with E-state index in [0.29, 0.717) is 11.1 Å². The van der Waals surface area contributed by atoms with Gasteiger partial charge in [0.1, 0.15) is 6.61 Å². The van der Waals surface area contributed by atoms with Crippen LogP contribution in [0, 0.1) is 16.7 Å². The van der Waals surface area contributed by atoms with Crippen LogP contribution in [0.4, 0.5) is 0 Å². The van der Waals surface area contributed by atoms with E-state index in [9.17, 15) is 14.7 Å². The Hall–Kier alpha value is -2.88. The maximum atomic E-state index is 12.9. The molecule has 31 heavy (non-hydrogen) atoms. The fraction of sp³-hybridized carbons (Fsp3) is 0.407. The van der Waals surface area contributed by atoms with Crippen molar-refractivity contribution in [1.82, 2.24) is 0 Å². The van der Waals surface area contributed by atoms with Crippen molar-refractivity contribution in [3.05, 3.63) is 82.2 Å². The van der Waals surface area contributed by atoms with Gasteiger partial charge < -0.3 is 9.84 Å². The predicted octanol–water partition coefficient (Wildman–Crippen LogP) is 5.88. The van der Waals surface area contributed by atoms with E-state index in [0.717, 1.165) is 36.0 Å². The number of hydrogen-bond acceptors (Lipinski definition) is 4. The summed E-state index contributed by atoms with van der Waals surface area (Å²) in [5.74, 6) is -0.686. The molecule has 1 aromatic rings. The molecule has 1 saturated carbocycles. The number of hydrogen-bond donors (Lipinski definition) is 1. The minimum atomic E-state index is -0.463. The van der Waals surface area contributed by atoms with Crippen LogP contribution in [0.5, 0.6) is 0 Å². The molecule has 0 aromatic heterocycles. The zero-order valence-electron chi connectivity index (χ0n) is 18.7. The molecule has 0 aliphatic heterocycles. The van der Waals surface area contributed by atoms with E-state index in [4.69, 9.17) is 4.74 Å². The van der Waals surface area contributed by atoms with Gasteiger partial charge in [-0.1, -0.05) is 70.0 Å². The lowest BCUT2D eigenvalue weighted by molar-refractivity contribution is -0.115. The second kappa shape index (κ2) is 7.67. The maximum Gasteiger partial charge on any atom is 0.338 e. The molecule has 4 nitrogen and oxygen atoms in total. The van der Waals surface area contributed by atoms with E-state index in [-0.39, 0.29) is 35.5 Å². The van der Waals surface area contributed by atoms with Crippen LogP contribution in [0.2, 0.25) is 0 Å². The zero-order chi connectivity index (χ0) is 22.4. The molecule has 162 valence electrons. The number of aliphatic hydroxyl groups is 1. The van der Waals surface area contributed by atoms with Crippen molar-refractivity contribution in [2.75, 3.05) is 6.61 Å². The summed E-state index contributed by atoms with van der Waals surface area (Å²) < 4.78 is 5.74. The van der Waals surface area contributed by atoms with E-state index < -0.39 is 5.41 Å². The first-order valence-corrected chi connectivity index (χ1v) is 11.0. The Kier molecular flexibility index (Phi) is 5.28. The van der Waals surface area contributed by atoms with Gasteiger partial charge >= 0.3 is 5.97 Å². The lowest BCUT2D eigenvalue weighted by Gasteiger charge is -2.50. The van der Waals surface area contributed by atoms with Crippen LogP contribution in [0.25, 0.3) is 0 Å². The molecule has 0 heterocycles. The van der Waals surface area contributed by atoms with E-state index >= 15 is 0 Å². The summed E-state index contributed by atoms with van der Waals surface area (Å²) in [5, 5.41) is 11.0. The Bertz CT molecular complexity index is 1050. The molecular weight excluding hydrogens is 388 g/mol. The van der Waals surface area contributed by atoms with Crippen LogP contribution < -0.4 is 0 Å². The van der Waals surface area contributed by atoms with Crippen LogP contribution in [0.3, 0.4) is 0 Å². The molecule has 0 bridgehead atoms. The number of allylic oxidation sites excluding steroid dienone is 6. The van der Waals surface area contributed by atoms with Gasteiger partial charge in [0.05, 0.1) is 5.56 Å². The number of carbonyl (C=O) groups excluding carboxylic acids is 2. The first-order valence-electron chi connectivity index (χ1n) is 11.0. The summed E-state index contributed by atoms with van der Waals surface area (Å²) in [6, 6.07) is 9.01. The molecule has 0 radical (unpaired) electrons. The van der Waals surface area contributed by atoms with Crippen LogP contribution >= 0.6 is 0 Å². The van der Waals surface area contributed by atoms with Gasteiger partial charge in [0.2, 0.25) is 5.78 Å². The van der Waals surface area contributed by atoms with E-state index in [2.05, 4.69) is 19.9 Å². The van der Waals surface area contributed by atoms with Crippen molar-refractivity contribution < 1.29 is 19.4 Å². The van der Waals surface area contributed by atoms with Crippen LogP contribution in [0.1, 0.15) is 57.3 Å². The lowest BCUT2D eigenvalue weighted by Crippen LogP contribution is -2.43. The van der Waals surface area contributed by atoms with Crippen LogP contribution in [0.15, 0.2) is 76.6 Å². The van der Waals surface area contributed by atoms with Gasteiger partial charge in [0.25, 0.3) is 0 Å². The molecule has 1 aromatic carbocycles. The maximum absolute atomic E-state index is 12.9. The van der Waals surface area contributed by atoms with Crippen molar-refractivity contribution in [2.24, 2.45) is 16.7 Å². The van der Waals surface area contributed by atoms with Crippen molar-refractivity contribution in [3.8, 4) is 0 Å². The number of esters is 1. The SMILES string of the molecule is CC(C)C1=CC2=CC=C3[C@](C)(COC(=O)c4ccccc4)CCC[C@]3(C)C2=C(O)C1=O. The van der Waals surface area contributed by atoms with Crippen molar-refractivity contribution in [1.29, 1.82) is 0 Å². The Balaban J connectivity index is 1.68. The molecule has 3 aliphatic rings. The number of ether oxygens (including phenoxy) is 1. The predicted molar refractivity (Wildman–Crippen MR) is 121 cm³/mol. The highest BCUT2D eigenvalue weighted by molar-refractivity contribution is 6.10. The topological polar surface area (TPSA) is 63.6 Å². The normalized spacial score (nSPS) is 27.8. The molecule has 1 fully saturated rings. The lowest BCUT2D eigenvalue weighted by atomic mass is 9.54. The van der Waals surface area contributed by atoms with Gasteiger partial charge in [-0.15, -0.1) is 0 Å². The summed E-state index contributed by atoms with van der Waals surface area (Å²) in [4.78, 5) is 25.4. The van der Waals surface area contributed by atoms with E-state index in [1.807, 2.05) is 44.2 Å². The average Bonchev–Trinajstić information content (AvgIpc) is 2.74. The fourth-order valence-corrected chi connectivity index (χ4v) is 5.45. The number of fused-ring (bicyclic) bond motifs is 3. The second-order valence-electron chi connectivity index (χ2n) is 9.70. The van der Waals surface area contributed by atoms with Crippen LogP contribution in [-0.2, 0) is 9.53 Å². The highest BCUT2D eigenvalue weighted by Crippen LogP contribution is 2.59. The van der Waals surface area contributed by atoms with E-state index in [1.165, 1.54) is 0 Å². The van der Waals surface area contributed by atoms with Gasteiger partial charge in [-0.2, -0.15) is 0 Å². The summed E-state index contributed by atoms with van der Waals surface area (Å²) in [6.07, 6.45) is 8.70. The third kappa shape index (κ3) is 3.48. The molecule has 1 N–H and O–H groups in total. The number of carbonyl (C=O) groups is 2. The molecule has 0 spiro atoms. The van der Waals surface area contributed by atoms with Crippen molar-refractivity contribution in [2.45, 2.75) is 47.0 Å². The van der Waals surface area contributed by atoms with Gasteiger partial charge in [0.15, 0.2) is 5.76 Å².